The predicted octanol–water partition coefficient (Wildman–Crippen LogP) is 2.97. The van der Waals surface area contributed by atoms with E-state index in [4.69, 9.17) is 5.11 Å². The number of benzene rings is 1. The molecule has 2 rings (SSSR count). The van der Waals surface area contributed by atoms with Gasteiger partial charge in [0.15, 0.2) is 0 Å². The van der Waals surface area contributed by atoms with Crippen molar-refractivity contribution in [3.63, 3.8) is 0 Å². The van der Waals surface area contributed by atoms with E-state index in [0.29, 0.717) is 17.2 Å². The van der Waals surface area contributed by atoms with Crippen LogP contribution in [0.15, 0.2) is 24.3 Å². The molecule has 2 N–H and O–H groups in total. The van der Waals surface area contributed by atoms with Crippen LogP contribution in [0.5, 0.6) is 0 Å². The van der Waals surface area contributed by atoms with Gasteiger partial charge >= 0.3 is 12.0 Å². The lowest BCUT2D eigenvalue weighted by Gasteiger charge is -2.22. The van der Waals surface area contributed by atoms with Crippen LogP contribution in [-0.2, 0) is 11.2 Å². The summed E-state index contributed by atoms with van der Waals surface area (Å²) < 4.78 is 0. The minimum atomic E-state index is -0.875. The highest BCUT2D eigenvalue weighted by Crippen LogP contribution is 2.30. The quantitative estimate of drug-likeness (QED) is 0.811. The van der Waals surface area contributed by atoms with Crippen LogP contribution in [0, 0.1) is 5.92 Å². The van der Waals surface area contributed by atoms with Crippen LogP contribution in [0.1, 0.15) is 31.7 Å². The maximum Gasteiger partial charge on any atom is 0.321 e. The van der Waals surface area contributed by atoms with Gasteiger partial charge in [0, 0.05) is 18.8 Å². The van der Waals surface area contributed by atoms with Crippen LogP contribution in [0.25, 0.3) is 0 Å². The number of anilines is 1. The third-order valence-corrected chi connectivity index (χ3v) is 3.49. The number of urea groups is 1. The van der Waals surface area contributed by atoms with Crippen molar-refractivity contribution in [3.8, 4) is 0 Å². The second-order valence-electron chi connectivity index (χ2n) is 5.59. The molecule has 1 aromatic rings. The Morgan fingerprint density at radius 3 is 2.76 bits per heavy atom. The first-order valence-electron chi connectivity index (χ1n) is 7.45. The molecule has 1 aliphatic rings. The minimum Gasteiger partial charge on any atom is -0.481 e. The van der Waals surface area contributed by atoms with Gasteiger partial charge in [-0.3, -0.25) is 4.79 Å². The average Bonchev–Trinajstić information content (AvgIpc) is 3.22. The van der Waals surface area contributed by atoms with Gasteiger partial charge in [0.2, 0.25) is 0 Å². The maximum atomic E-state index is 12.3. The molecule has 0 atom stereocenters. The van der Waals surface area contributed by atoms with Crippen molar-refractivity contribution >= 4 is 17.7 Å². The number of hydrogen-bond acceptors (Lipinski definition) is 2. The highest BCUT2D eigenvalue weighted by molar-refractivity contribution is 5.89. The van der Waals surface area contributed by atoms with Crippen LogP contribution in [0.3, 0.4) is 0 Å². The molecular formula is C16H22N2O3. The molecule has 5 nitrogen and oxygen atoms in total. The molecule has 0 heterocycles. The van der Waals surface area contributed by atoms with Gasteiger partial charge in [-0.25, -0.2) is 4.79 Å². The summed E-state index contributed by atoms with van der Waals surface area (Å²) in [6.07, 6.45) is 3.31. The normalized spacial score (nSPS) is 13.8. The van der Waals surface area contributed by atoms with Gasteiger partial charge in [-0.2, -0.15) is 0 Å². The zero-order chi connectivity index (χ0) is 15.2. The van der Waals surface area contributed by atoms with Crippen molar-refractivity contribution in [2.45, 2.75) is 32.6 Å². The molecule has 1 saturated carbocycles. The summed E-state index contributed by atoms with van der Waals surface area (Å²) >= 11 is 0. The monoisotopic (exact) mass is 290 g/mol. The summed E-state index contributed by atoms with van der Waals surface area (Å²) in [7, 11) is 0. The number of carboxylic acid groups (broad SMARTS) is 1. The minimum absolute atomic E-state index is 0.0372. The van der Waals surface area contributed by atoms with E-state index in [1.165, 1.54) is 12.8 Å². The molecule has 0 saturated heterocycles. The third kappa shape index (κ3) is 5.10. The van der Waals surface area contributed by atoms with Gasteiger partial charge in [0.05, 0.1) is 6.42 Å². The Morgan fingerprint density at radius 1 is 1.38 bits per heavy atom. The number of hydrogen-bond donors (Lipinski definition) is 2. The highest BCUT2D eigenvalue weighted by Gasteiger charge is 2.26. The van der Waals surface area contributed by atoms with Crippen LogP contribution in [-0.4, -0.2) is 35.1 Å². The third-order valence-electron chi connectivity index (χ3n) is 3.49. The Labute approximate surface area is 125 Å². The number of nitrogens with one attached hydrogen (secondary N) is 1. The lowest BCUT2D eigenvalue weighted by Crippen LogP contribution is -2.37. The summed E-state index contributed by atoms with van der Waals surface area (Å²) in [5, 5.41) is 11.7. The molecule has 1 aromatic carbocycles. The van der Waals surface area contributed by atoms with Crippen LogP contribution in [0.2, 0.25) is 0 Å². The lowest BCUT2D eigenvalue weighted by atomic mass is 10.1. The van der Waals surface area contributed by atoms with Gasteiger partial charge < -0.3 is 15.3 Å². The van der Waals surface area contributed by atoms with E-state index < -0.39 is 5.97 Å². The standard InChI is InChI=1S/C16H22N2O3/c1-2-8-18(11-12-6-7-12)16(21)17-14-5-3-4-13(9-14)10-15(19)20/h3-5,9,12H,2,6-8,10-11H2,1H3,(H,17,21)(H,19,20). The predicted molar refractivity (Wildman–Crippen MR) is 81.4 cm³/mol. The second kappa shape index (κ2) is 7.11. The molecule has 0 aliphatic heterocycles. The molecule has 5 heteroatoms. The van der Waals surface area contributed by atoms with E-state index >= 15 is 0 Å². The molecule has 1 fully saturated rings. The van der Waals surface area contributed by atoms with Crippen LogP contribution in [0.4, 0.5) is 10.5 Å². The Hall–Kier alpha value is -2.04. The Balaban J connectivity index is 1.97. The second-order valence-corrected chi connectivity index (χ2v) is 5.59. The van der Waals surface area contributed by atoms with E-state index in [0.717, 1.165) is 19.5 Å². The molecule has 2 amide bonds. The summed E-state index contributed by atoms with van der Waals surface area (Å²) in [5.74, 6) is -0.222. The molecular weight excluding hydrogens is 268 g/mol. The smallest absolute Gasteiger partial charge is 0.321 e. The van der Waals surface area contributed by atoms with Crippen molar-refractivity contribution in [3.05, 3.63) is 29.8 Å². The first-order chi connectivity index (χ1) is 10.1. The SMILES string of the molecule is CCCN(CC1CC1)C(=O)Nc1cccc(CC(=O)O)c1. The Bertz CT molecular complexity index is 512. The fraction of sp³-hybridized carbons (Fsp3) is 0.500. The number of carboxylic acids is 1. The van der Waals surface area contributed by atoms with Crippen molar-refractivity contribution in [1.82, 2.24) is 4.90 Å². The first-order valence-corrected chi connectivity index (χ1v) is 7.45. The fourth-order valence-electron chi connectivity index (χ4n) is 2.29. The summed E-state index contributed by atoms with van der Waals surface area (Å²) in [6, 6.07) is 6.91. The van der Waals surface area contributed by atoms with Crippen LogP contribution >= 0.6 is 0 Å². The van der Waals surface area contributed by atoms with E-state index in [2.05, 4.69) is 12.2 Å². The summed E-state index contributed by atoms with van der Waals surface area (Å²) in [5.41, 5.74) is 1.33. The first kappa shape index (κ1) is 15.4. The van der Waals surface area contributed by atoms with Crippen molar-refractivity contribution in [1.29, 1.82) is 0 Å². The number of carbonyl (C=O) groups excluding carboxylic acids is 1. The highest BCUT2D eigenvalue weighted by atomic mass is 16.4. The van der Waals surface area contributed by atoms with Gasteiger partial charge in [0.1, 0.15) is 0 Å². The van der Waals surface area contributed by atoms with E-state index in [-0.39, 0.29) is 12.5 Å². The van der Waals surface area contributed by atoms with Gasteiger partial charge in [-0.05, 0) is 42.9 Å². The van der Waals surface area contributed by atoms with Gasteiger partial charge in [0.25, 0.3) is 0 Å². The molecule has 114 valence electrons. The number of amides is 2. The molecule has 0 aromatic heterocycles. The lowest BCUT2D eigenvalue weighted by molar-refractivity contribution is -0.136. The van der Waals surface area contributed by atoms with E-state index in [9.17, 15) is 9.59 Å². The number of rotatable bonds is 7. The fourth-order valence-corrected chi connectivity index (χ4v) is 2.29. The largest absolute Gasteiger partial charge is 0.481 e. The molecule has 21 heavy (non-hydrogen) atoms. The van der Waals surface area contributed by atoms with Crippen molar-refractivity contribution < 1.29 is 14.7 Å². The Morgan fingerprint density at radius 2 is 2.14 bits per heavy atom. The molecule has 0 bridgehead atoms. The van der Waals surface area contributed by atoms with Gasteiger partial charge in [-0.1, -0.05) is 19.1 Å². The number of aliphatic carboxylic acids is 1. The molecule has 0 spiro atoms. The molecule has 1 aliphatic carbocycles. The number of nitrogens with zero attached hydrogens (tertiary/aromatic N) is 1. The van der Waals surface area contributed by atoms with Gasteiger partial charge in [-0.15, -0.1) is 0 Å². The van der Waals surface area contributed by atoms with E-state index in [1.807, 2.05) is 4.90 Å². The summed E-state index contributed by atoms with van der Waals surface area (Å²) in [4.78, 5) is 24.9. The van der Waals surface area contributed by atoms with Crippen molar-refractivity contribution in [2.75, 3.05) is 18.4 Å². The van der Waals surface area contributed by atoms with E-state index in [1.54, 1.807) is 24.3 Å². The molecule has 0 unspecified atom stereocenters. The van der Waals surface area contributed by atoms with Crippen LogP contribution < -0.4 is 5.32 Å². The van der Waals surface area contributed by atoms with Crippen molar-refractivity contribution in [2.24, 2.45) is 5.92 Å². The Kier molecular flexibility index (Phi) is 5.20. The topological polar surface area (TPSA) is 69.6 Å². The zero-order valence-corrected chi connectivity index (χ0v) is 12.3. The maximum absolute atomic E-state index is 12.3. The molecule has 0 radical (unpaired) electrons. The zero-order valence-electron chi connectivity index (χ0n) is 12.3. The summed E-state index contributed by atoms with van der Waals surface area (Å²) in [6.45, 7) is 3.62. The number of carbonyl (C=O) groups is 2. The average molecular weight is 290 g/mol.